The third-order valence-corrected chi connectivity index (χ3v) is 4.08. The molecule has 0 saturated heterocycles. The molecule has 1 aromatic carbocycles. The van der Waals surface area contributed by atoms with E-state index in [2.05, 4.69) is 10.1 Å². The molecule has 2 aromatic heterocycles. The van der Waals surface area contributed by atoms with Crippen molar-refractivity contribution in [2.45, 2.75) is 33.3 Å². The number of ether oxygens (including phenoxy) is 3. The summed E-state index contributed by atoms with van der Waals surface area (Å²) in [6.45, 7) is 8.48. The van der Waals surface area contributed by atoms with Crippen molar-refractivity contribution >= 4 is 17.7 Å². The Labute approximate surface area is 196 Å². The second-order valence-electron chi connectivity index (χ2n) is 8.03. The Balaban J connectivity index is 0.000000246. The van der Waals surface area contributed by atoms with Gasteiger partial charge in [-0.15, -0.1) is 0 Å². The van der Waals surface area contributed by atoms with Gasteiger partial charge in [-0.25, -0.2) is 18.5 Å². The highest BCUT2D eigenvalue weighted by Crippen LogP contribution is 2.13. The van der Waals surface area contributed by atoms with Crippen LogP contribution in [0.5, 0.6) is 11.6 Å². The number of nitrogens with zero attached hydrogens (tertiary/aromatic N) is 4. The number of likely N-dealkylation sites (N-methyl/N-ethyl adjacent to an activating group) is 1. The smallest absolute Gasteiger partial charge is 0.410 e. The molecule has 3 aromatic rings. The highest BCUT2D eigenvalue weighted by Gasteiger charge is 2.19. The zero-order valence-electron chi connectivity index (χ0n) is 19.8. The van der Waals surface area contributed by atoms with Crippen LogP contribution in [0.25, 0.3) is 5.65 Å². The first-order valence-corrected chi connectivity index (χ1v) is 10.5. The SMILES string of the molecule is CCOc1ccn2ncc(C(=O)O)c2n1.CN(CCOc1ccc(F)cc1)C(=O)OC(C)(C)C. The summed E-state index contributed by atoms with van der Waals surface area (Å²) < 4.78 is 29.8. The standard InChI is InChI=1S/C14H20FNO3.C9H9N3O3/c1-14(2,3)19-13(17)16(4)9-10-18-12-7-5-11(15)6-8-12;1-2-15-7-3-4-12-8(11-7)6(5-10-12)9(13)14/h5-8H,9-10H2,1-4H3;3-5H,2H2,1H3,(H,13,14). The predicted octanol–water partition coefficient (Wildman–Crippen LogP) is 3.90. The summed E-state index contributed by atoms with van der Waals surface area (Å²) in [7, 11) is 1.64. The van der Waals surface area contributed by atoms with Gasteiger partial charge in [0.1, 0.15) is 29.3 Å². The largest absolute Gasteiger partial charge is 0.492 e. The first-order valence-electron chi connectivity index (χ1n) is 10.5. The fourth-order valence-electron chi connectivity index (χ4n) is 2.49. The number of rotatable bonds is 7. The molecule has 0 atom stereocenters. The molecule has 0 unspecified atom stereocenters. The maximum Gasteiger partial charge on any atom is 0.410 e. The van der Waals surface area contributed by atoms with Gasteiger partial charge in [0.05, 0.1) is 19.3 Å². The molecular formula is C23H29FN4O6. The number of halogens is 1. The number of fused-ring (bicyclic) bond motifs is 1. The molecule has 0 spiro atoms. The Morgan fingerprint density at radius 3 is 2.41 bits per heavy atom. The number of carboxylic acids is 1. The van der Waals surface area contributed by atoms with Crippen LogP contribution in [0.4, 0.5) is 9.18 Å². The minimum absolute atomic E-state index is 0.0663. The molecule has 0 radical (unpaired) electrons. The fraction of sp³-hybridized carbons (Fsp3) is 0.391. The van der Waals surface area contributed by atoms with E-state index >= 15 is 0 Å². The van der Waals surface area contributed by atoms with Crippen LogP contribution in [0.1, 0.15) is 38.1 Å². The highest BCUT2D eigenvalue weighted by molar-refractivity contribution is 5.94. The summed E-state index contributed by atoms with van der Waals surface area (Å²) in [6.07, 6.45) is 2.48. The summed E-state index contributed by atoms with van der Waals surface area (Å²) in [5.41, 5.74) is -0.159. The first-order chi connectivity index (χ1) is 16.0. The van der Waals surface area contributed by atoms with Crippen molar-refractivity contribution in [3.05, 3.63) is 54.1 Å². The van der Waals surface area contributed by atoms with Crippen LogP contribution in [0, 0.1) is 5.82 Å². The lowest BCUT2D eigenvalue weighted by molar-refractivity contribution is 0.0278. The maximum atomic E-state index is 12.7. The van der Waals surface area contributed by atoms with Crippen LogP contribution in [-0.4, -0.2) is 69.1 Å². The van der Waals surface area contributed by atoms with Gasteiger partial charge in [0.25, 0.3) is 0 Å². The van der Waals surface area contributed by atoms with Gasteiger partial charge in [-0.1, -0.05) is 0 Å². The molecule has 0 aliphatic carbocycles. The molecule has 0 saturated carbocycles. The Bertz CT molecular complexity index is 1100. The number of carbonyl (C=O) groups excluding carboxylic acids is 1. The average Bonchev–Trinajstić information content (AvgIpc) is 3.18. The van der Waals surface area contributed by atoms with Crippen LogP contribution < -0.4 is 9.47 Å². The monoisotopic (exact) mass is 476 g/mol. The van der Waals surface area contributed by atoms with Gasteiger partial charge < -0.3 is 24.2 Å². The Kier molecular flexibility index (Phi) is 9.17. The van der Waals surface area contributed by atoms with Crippen molar-refractivity contribution in [2.24, 2.45) is 0 Å². The van der Waals surface area contributed by atoms with E-state index in [0.29, 0.717) is 31.4 Å². The molecule has 1 N–H and O–H groups in total. The molecule has 11 heteroatoms. The lowest BCUT2D eigenvalue weighted by Crippen LogP contribution is -2.36. The van der Waals surface area contributed by atoms with E-state index in [-0.39, 0.29) is 17.0 Å². The van der Waals surface area contributed by atoms with Gasteiger partial charge in [0.15, 0.2) is 5.65 Å². The van der Waals surface area contributed by atoms with Gasteiger partial charge in [-0.2, -0.15) is 10.1 Å². The second-order valence-corrected chi connectivity index (χ2v) is 8.03. The number of benzene rings is 1. The summed E-state index contributed by atoms with van der Waals surface area (Å²) in [5, 5.41) is 12.7. The van der Waals surface area contributed by atoms with Crippen LogP contribution in [0.2, 0.25) is 0 Å². The van der Waals surface area contributed by atoms with Crippen LogP contribution in [-0.2, 0) is 4.74 Å². The topological polar surface area (TPSA) is 115 Å². The number of aromatic nitrogens is 3. The minimum atomic E-state index is -1.05. The lowest BCUT2D eigenvalue weighted by Gasteiger charge is -2.24. The predicted molar refractivity (Wildman–Crippen MR) is 122 cm³/mol. The molecule has 0 aliphatic rings. The number of carboxylic acid groups (broad SMARTS) is 1. The van der Waals surface area contributed by atoms with Crippen molar-refractivity contribution in [2.75, 3.05) is 26.8 Å². The van der Waals surface area contributed by atoms with Crippen molar-refractivity contribution in [3.63, 3.8) is 0 Å². The Hall–Kier alpha value is -3.89. The highest BCUT2D eigenvalue weighted by atomic mass is 19.1. The normalized spacial score (nSPS) is 10.8. The summed E-state index contributed by atoms with van der Waals surface area (Å²) in [4.78, 5) is 27.9. The van der Waals surface area contributed by atoms with Crippen LogP contribution in [0.3, 0.4) is 0 Å². The van der Waals surface area contributed by atoms with E-state index in [0.717, 1.165) is 0 Å². The number of hydrogen-bond acceptors (Lipinski definition) is 7. The van der Waals surface area contributed by atoms with Crippen molar-refractivity contribution < 1.29 is 33.3 Å². The summed E-state index contributed by atoms with van der Waals surface area (Å²) in [5.74, 6) is -0.392. The molecule has 0 aliphatic heterocycles. The number of carbonyl (C=O) groups is 2. The molecule has 0 fully saturated rings. The summed E-state index contributed by atoms with van der Waals surface area (Å²) in [6, 6.07) is 7.38. The van der Waals surface area contributed by atoms with E-state index in [1.165, 1.54) is 27.7 Å². The zero-order chi connectivity index (χ0) is 25.3. The molecule has 34 heavy (non-hydrogen) atoms. The number of aromatic carboxylic acids is 1. The van der Waals surface area contributed by atoms with Crippen molar-refractivity contribution in [3.8, 4) is 11.6 Å². The van der Waals surface area contributed by atoms with E-state index in [1.54, 1.807) is 31.4 Å². The quantitative estimate of drug-likeness (QED) is 0.546. The van der Waals surface area contributed by atoms with Crippen LogP contribution in [0.15, 0.2) is 42.7 Å². The van der Waals surface area contributed by atoms with Crippen molar-refractivity contribution in [1.29, 1.82) is 0 Å². The van der Waals surface area contributed by atoms with E-state index in [4.69, 9.17) is 19.3 Å². The van der Waals surface area contributed by atoms with E-state index in [9.17, 15) is 14.0 Å². The molecule has 3 rings (SSSR count). The Morgan fingerprint density at radius 2 is 1.82 bits per heavy atom. The van der Waals surface area contributed by atoms with Gasteiger partial charge in [0, 0.05) is 19.3 Å². The second kappa shape index (κ2) is 11.8. The molecular weight excluding hydrogens is 447 g/mol. The summed E-state index contributed by atoms with van der Waals surface area (Å²) >= 11 is 0. The lowest BCUT2D eigenvalue weighted by atomic mass is 10.2. The Morgan fingerprint density at radius 1 is 1.15 bits per heavy atom. The molecule has 184 valence electrons. The third kappa shape index (κ3) is 8.23. The van der Waals surface area contributed by atoms with Crippen molar-refractivity contribution in [1.82, 2.24) is 19.5 Å². The van der Waals surface area contributed by atoms with Crippen LogP contribution >= 0.6 is 0 Å². The molecule has 0 bridgehead atoms. The molecule has 10 nitrogen and oxygen atoms in total. The van der Waals surface area contributed by atoms with Gasteiger partial charge in [-0.3, -0.25) is 0 Å². The molecule has 2 heterocycles. The number of hydrogen-bond donors (Lipinski definition) is 1. The fourth-order valence-corrected chi connectivity index (χ4v) is 2.49. The number of amides is 1. The van der Waals surface area contributed by atoms with Gasteiger partial charge in [-0.05, 0) is 52.0 Å². The van der Waals surface area contributed by atoms with Gasteiger partial charge >= 0.3 is 12.1 Å². The maximum absolute atomic E-state index is 12.7. The zero-order valence-corrected chi connectivity index (χ0v) is 19.8. The van der Waals surface area contributed by atoms with E-state index < -0.39 is 17.7 Å². The third-order valence-electron chi connectivity index (χ3n) is 4.08. The average molecular weight is 477 g/mol. The molecule has 1 amide bonds. The first kappa shape index (κ1) is 26.4. The minimum Gasteiger partial charge on any atom is -0.492 e. The van der Waals surface area contributed by atoms with Gasteiger partial charge in [0.2, 0.25) is 5.88 Å². The van der Waals surface area contributed by atoms with E-state index in [1.807, 2.05) is 27.7 Å².